The second kappa shape index (κ2) is 8.47. The molecule has 0 aliphatic carbocycles. The summed E-state index contributed by atoms with van der Waals surface area (Å²) in [4.78, 5) is 19.4. The van der Waals surface area contributed by atoms with Crippen molar-refractivity contribution in [2.45, 2.75) is 26.4 Å². The zero-order chi connectivity index (χ0) is 18.5. The average Bonchev–Trinajstić information content (AvgIpc) is 2.67. The fourth-order valence-corrected chi connectivity index (χ4v) is 3.59. The van der Waals surface area contributed by atoms with E-state index in [4.69, 9.17) is 0 Å². The monoisotopic (exact) mass is 351 g/mol. The molecule has 0 spiro atoms. The molecule has 26 heavy (non-hydrogen) atoms. The minimum absolute atomic E-state index is 0.0960. The predicted molar refractivity (Wildman–Crippen MR) is 107 cm³/mol. The quantitative estimate of drug-likeness (QED) is 0.828. The number of benzene rings is 2. The molecule has 0 N–H and O–H groups in total. The van der Waals surface area contributed by atoms with Crippen LogP contribution in [0.15, 0.2) is 54.6 Å². The highest BCUT2D eigenvalue weighted by Crippen LogP contribution is 2.16. The smallest absolute Gasteiger partial charge is 0.243 e. The van der Waals surface area contributed by atoms with E-state index in [0.717, 1.165) is 38.4 Å². The number of hydrogen-bond acceptors (Lipinski definition) is 3. The number of likely N-dealkylation sites (N-methyl/N-ethyl adjacent to an activating group) is 1. The Bertz CT molecular complexity index is 723. The van der Waals surface area contributed by atoms with E-state index >= 15 is 0 Å². The molecular formula is C22H29N3O. The predicted octanol–water partition coefficient (Wildman–Crippen LogP) is 3.16. The van der Waals surface area contributed by atoms with Gasteiger partial charge in [0, 0.05) is 45.5 Å². The summed E-state index contributed by atoms with van der Waals surface area (Å²) in [5.74, 6) is 0.156. The molecule has 4 heteroatoms. The van der Waals surface area contributed by atoms with Crippen LogP contribution in [0.1, 0.15) is 18.1 Å². The molecule has 0 aromatic heterocycles. The van der Waals surface area contributed by atoms with E-state index in [-0.39, 0.29) is 11.9 Å². The van der Waals surface area contributed by atoms with Crippen molar-refractivity contribution in [3.63, 3.8) is 0 Å². The molecule has 0 radical (unpaired) electrons. The lowest BCUT2D eigenvalue weighted by Crippen LogP contribution is -2.53. The van der Waals surface area contributed by atoms with Gasteiger partial charge in [0.05, 0.1) is 6.04 Å². The van der Waals surface area contributed by atoms with Crippen molar-refractivity contribution in [3.05, 3.63) is 65.7 Å². The SMILES string of the molecule is Cc1cccc(CN2CCN([C@@H](C)C(=O)N(C)c3ccccc3)CC2)c1. The first kappa shape index (κ1) is 18.6. The summed E-state index contributed by atoms with van der Waals surface area (Å²) in [5, 5.41) is 0. The van der Waals surface area contributed by atoms with Gasteiger partial charge in [0.25, 0.3) is 0 Å². The molecule has 1 aliphatic heterocycles. The highest BCUT2D eigenvalue weighted by atomic mass is 16.2. The first-order valence-corrected chi connectivity index (χ1v) is 9.39. The summed E-state index contributed by atoms with van der Waals surface area (Å²) >= 11 is 0. The molecule has 1 atom stereocenters. The number of hydrogen-bond donors (Lipinski definition) is 0. The number of piperazine rings is 1. The van der Waals surface area contributed by atoms with Crippen LogP contribution in [0.25, 0.3) is 0 Å². The van der Waals surface area contributed by atoms with E-state index < -0.39 is 0 Å². The number of aryl methyl sites for hydroxylation is 1. The highest BCUT2D eigenvalue weighted by molar-refractivity contribution is 5.96. The van der Waals surface area contributed by atoms with Crippen molar-refractivity contribution in [1.82, 2.24) is 9.80 Å². The largest absolute Gasteiger partial charge is 0.314 e. The van der Waals surface area contributed by atoms with E-state index in [1.54, 1.807) is 4.90 Å². The van der Waals surface area contributed by atoms with Crippen molar-refractivity contribution >= 4 is 11.6 Å². The summed E-state index contributed by atoms with van der Waals surface area (Å²) in [6.07, 6.45) is 0. The number of carbonyl (C=O) groups excluding carboxylic acids is 1. The Hall–Kier alpha value is -2.17. The van der Waals surface area contributed by atoms with Crippen molar-refractivity contribution in [1.29, 1.82) is 0 Å². The van der Waals surface area contributed by atoms with Crippen molar-refractivity contribution in [3.8, 4) is 0 Å². The van der Waals surface area contributed by atoms with Gasteiger partial charge < -0.3 is 4.90 Å². The maximum Gasteiger partial charge on any atom is 0.243 e. The van der Waals surface area contributed by atoms with Crippen LogP contribution in [-0.2, 0) is 11.3 Å². The van der Waals surface area contributed by atoms with Crippen LogP contribution in [-0.4, -0.2) is 55.0 Å². The first-order chi connectivity index (χ1) is 12.5. The molecule has 0 unspecified atom stereocenters. The van der Waals surface area contributed by atoms with Gasteiger partial charge in [-0.3, -0.25) is 14.6 Å². The molecule has 0 bridgehead atoms. The number of nitrogens with zero attached hydrogens (tertiary/aromatic N) is 3. The first-order valence-electron chi connectivity index (χ1n) is 9.39. The fraction of sp³-hybridized carbons (Fsp3) is 0.409. The molecule has 2 aromatic carbocycles. The Labute approximate surface area is 157 Å². The van der Waals surface area contributed by atoms with Crippen LogP contribution in [0.4, 0.5) is 5.69 Å². The summed E-state index contributed by atoms with van der Waals surface area (Å²) in [5.41, 5.74) is 3.62. The number of anilines is 1. The molecule has 1 fully saturated rings. The molecule has 3 rings (SSSR count). The van der Waals surface area contributed by atoms with E-state index in [1.807, 2.05) is 44.3 Å². The highest BCUT2D eigenvalue weighted by Gasteiger charge is 2.27. The van der Waals surface area contributed by atoms with Gasteiger partial charge in [-0.1, -0.05) is 48.0 Å². The molecular weight excluding hydrogens is 322 g/mol. The summed E-state index contributed by atoms with van der Waals surface area (Å²) in [6, 6.07) is 18.5. The topological polar surface area (TPSA) is 26.8 Å². The van der Waals surface area contributed by atoms with Crippen LogP contribution in [0.3, 0.4) is 0 Å². The van der Waals surface area contributed by atoms with Gasteiger partial charge in [0.2, 0.25) is 5.91 Å². The average molecular weight is 351 g/mol. The fourth-order valence-electron chi connectivity index (χ4n) is 3.59. The Morgan fingerprint density at radius 1 is 1.04 bits per heavy atom. The van der Waals surface area contributed by atoms with Gasteiger partial charge in [0.1, 0.15) is 0 Å². The van der Waals surface area contributed by atoms with Crippen LogP contribution in [0, 0.1) is 6.92 Å². The lowest BCUT2D eigenvalue weighted by molar-refractivity contribution is -0.123. The van der Waals surface area contributed by atoms with Crippen LogP contribution in [0.5, 0.6) is 0 Å². The van der Waals surface area contributed by atoms with Crippen LogP contribution < -0.4 is 4.90 Å². The van der Waals surface area contributed by atoms with Crippen LogP contribution >= 0.6 is 0 Å². The molecule has 0 saturated carbocycles. The van der Waals surface area contributed by atoms with E-state index in [2.05, 4.69) is 41.0 Å². The van der Waals surface area contributed by atoms with E-state index in [9.17, 15) is 4.79 Å². The zero-order valence-electron chi connectivity index (χ0n) is 16.1. The third-order valence-corrected chi connectivity index (χ3v) is 5.27. The molecule has 1 heterocycles. The zero-order valence-corrected chi connectivity index (χ0v) is 16.1. The molecule has 1 aliphatic rings. The minimum atomic E-state index is -0.0960. The van der Waals surface area contributed by atoms with Gasteiger partial charge in [-0.25, -0.2) is 0 Å². The van der Waals surface area contributed by atoms with Gasteiger partial charge >= 0.3 is 0 Å². The lowest BCUT2D eigenvalue weighted by atomic mass is 10.1. The van der Waals surface area contributed by atoms with Crippen molar-refractivity contribution in [2.75, 3.05) is 38.1 Å². The summed E-state index contributed by atoms with van der Waals surface area (Å²) < 4.78 is 0. The minimum Gasteiger partial charge on any atom is -0.314 e. The number of rotatable bonds is 5. The third-order valence-electron chi connectivity index (χ3n) is 5.27. The summed E-state index contributed by atoms with van der Waals surface area (Å²) in [7, 11) is 1.86. The van der Waals surface area contributed by atoms with E-state index in [0.29, 0.717) is 0 Å². The molecule has 1 saturated heterocycles. The van der Waals surface area contributed by atoms with Gasteiger partial charge in [0.15, 0.2) is 0 Å². The Morgan fingerprint density at radius 2 is 1.73 bits per heavy atom. The molecule has 4 nitrogen and oxygen atoms in total. The Kier molecular flexibility index (Phi) is 6.07. The second-order valence-corrected chi connectivity index (χ2v) is 7.21. The number of para-hydroxylation sites is 1. The molecule has 1 amide bonds. The second-order valence-electron chi connectivity index (χ2n) is 7.21. The molecule has 138 valence electrons. The normalized spacial score (nSPS) is 17.0. The van der Waals surface area contributed by atoms with Crippen molar-refractivity contribution < 1.29 is 4.79 Å². The number of carbonyl (C=O) groups is 1. The van der Waals surface area contributed by atoms with Gasteiger partial charge in [-0.2, -0.15) is 0 Å². The van der Waals surface area contributed by atoms with Crippen molar-refractivity contribution in [2.24, 2.45) is 0 Å². The van der Waals surface area contributed by atoms with Crippen LogP contribution in [0.2, 0.25) is 0 Å². The third kappa shape index (κ3) is 4.51. The lowest BCUT2D eigenvalue weighted by Gasteiger charge is -2.38. The maximum absolute atomic E-state index is 12.8. The van der Waals surface area contributed by atoms with Gasteiger partial charge in [-0.05, 0) is 31.5 Å². The standard InChI is InChI=1S/C22H29N3O/c1-18-8-7-9-20(16-18)17-24-12-14-25(15-13-24)19(2)22(26)23(3)21-10-5-4-6-11-21/h4-11,16,19H,12-15,17H2,1-3H3/t19-/m0/s1. The van der Waals surface area contributed by atoms with E-state index in [1.165, 1.54) is 11.1 Å². The van der Waals surface area contributed by atoms with Gasteiger partial charge in [-0.15, -0.1) is 0 Å². The number of amides is 1. The Balaban J connectivity index is 1.53. The Morgan fingerprint density at radius 3 is 2.38 bits per heavy atom. The maximum atomic E-state index is 12.8. The molecule has 2 aromatic rings. The summed E-state index contributed by atoms with van der Waals surface area (Å²) in [6.45, 7) is 9.02.